The zero-order valence-electron chi connectivity index (χ0n) is 6.59. The highest BCUT2D eigenvalue weighted by molar-refractivity contribution is 5.71. The molecular formula is C8H14O2. The van der Waals surface area contributed by atoms with E-state index in [0.717, 1.165) is 6.42 Å². The van der Waals surface area contributed by atoms with Crippen molar-refractivity contribution in [3.8, 4) is 0 Å². The first-order chi connectivity index (χ1) is 4.72. The van der Waals surface area contributed by atoms with Gasteiger partial charge in [0.25, 0.3) is 0 Å². The van der Waals surface area contributed by atoms with E-state index in [4.69, 9.17) is 11.7 Å². The number of carbonyl (C=O) groups excluding carboxylic acids is 1. The maximum atomic E-state index is 10.9. The van der Waals surface area contributed by atoms with E-state index in [1.807, 2.05) is 13.8 Å². The number of hydrogen-bond acceptors (Lipinski definition) is 2. The van der Waals surface area contributed by atoms with Crippen molar-refractivity contribution in [2.24, 2.45) is 5.92 Å². The number of hydrogen-bond donors (Lipinski definition) is 0. The maximum absolute atomic E-state index is 10.9. The Hall–Kier alpha value is -0.530. The highest BCUT2D eigenvalue weighted by atomic mass is 16.5. The van der Waals surface area contributed by atoms with E-state index in [1.54, 1.807) is 0 Å². The summed E-state index contributed by atoms with van der Waals surface area (Å²) in [6, 6.07) is 0. The zero-order chi connectivity index (χ0) is 7.98. The maximum Gasteiger partial charge on any atom is 0.308 e. The molecule has 0 aliphatic rings. The molecule has 1 unspecified atom stereocenters. The summed E-state index contributed by atoms with van der Waals surface area (Å²) < 4.78 is 4.78. The highest BCUT2D eigenvalue weighted by Gasteiger charge is 2.10. The molecule has 0 aliphatic heterocycles. The summed E-state index contributed by atoms with van der Waals surface area (Å²) in [6.45, 7) is 9.28. The first-order valence-electron chi connectivity index (χ1n) is 3.59. The van der Waals surface area contributed by atoms with Crippen molar-refractivity contribution in [2.75, 3.05) is 6.61 Å². The lowest BCUT2D eigenvalue weighted by atomic mass is 10.1. The zero-order valence-corrected chi connectivity index (χ0v) is 6.59. The van der Waals surface area contributed by atoms with E-state index in [1.165, 1.54) is 0 Å². The smallest absolute Gasteiger partial charge is 0.308 e. The molecule has 2 nitrogen and oxygen atoms in total. The van der Waals surface area contributed by atoms with Crippen LogP contribution in [0.2, 0.25) is 0 Å². The van der Waals surface area contributed by atoms with Crippen LogP contribution in [-0.2, 0) is 9.53 Å². The van der Waals surface area contributed by atoms with E-state index in [2.05, 4.69) is 0 Å². The van der Waals surface area contributed by atoms with Crippen LogP contribution in [0.15, 0.2) is 0 Å². The van der Waals surface area contributed by atoms with E-state index >= 15 is 0 Å². The minimum Gasteiger partial charge on any atom is -0.465 e. The fraction of sp³-hybridized carbons (Fsp3) is 0.750. The Kier molecular flexibility index (Phi) is 4.99. The van der Waals surface area contributed by atoms with Gasteiger partial charge in [0.05, 0.1) is 12.5 Å². The van der Waals surface area contributed by atoms with Gasteiger partial charge in [0.15, 0.2) is 0 Å². The molecule has 1 atom stereocenters. The fourth-order valence-corrected chi connectivity index (χ4v) is 0.468. The summed E-state index contributed by atoms with van der Waals surface area (Å²) in [6.07, 6.45) is 1.23. The van der Waals surface area contributed by atoms with Crippen molar-refractivity contribution in [2.45, 2.75) is 26.7 Å². The summed E-state index contributed by atoms with van der Waals surface area (Å²) in [4.78, 5) is 10.9. The van der Waals surface area contributed by atoms with Gasteiger partial charge >= 0.3 is 5.97 Å². The van der Waals surface area contributed by atoms with E-state index in [9.17, 15) is 4.79 Å². The SMILES string of the molecule is [CH]CCOC(=O)C(C)CC. The van der Waals surface area contributed by atoms with E-state index < -0.39 is 0 Å². The molecule has 0 rings (SSSR count). The van der Waals surface area contributed by atoms with Crippen molar-refractivity contribution in [1.29, 1.82) is 0 Å². The van der Waals surface area contributed by atoms with Crippen LogP contribution in [0.5, 0.6) is 0 Å². The van der Waals surface area contributed by atoms with Crippen LogP contribution >= 0.6 is 0 Å². The second-order valence-electron chi connectivity index (χ2n) is 2.27. The molecule has 0 amide bonds. The molecule has 0 fully saturated rings. The molecule has 2 heteroatoms. The van der Waals surface area contributed by atoms with Crippen LogP contribution in [0.3, 0.4) is 0 Å². The van der Waals surface area contributed by atoms with Gasteiger partial charge in [-0.2, -0.15) is 0 Å². The predicted octanol–water partition coefficient (Wildman–Crippen LogP) is 1.68. The van der Waals surface area contributed by atoms with Crippen molar-refractivity contribution in [3.63, 3.8) is 0 Å². The second kappa shape index (κ2) is 5.27. The van der Waals surface area contributed by atoms with Crippen molar-refractivity contribution >= 4 is 5.97 Å². The van der Waals surface area contributed by atoms with Crippen molar-refractivity contribution < 1.29 is 9.53 Å². The minimum atomic E-state index is -0.145. The molecular weight excluding hydrogens is 128 g/mol. The van der Waals surface area contributed by atoms with Crippen LogP contribution in [0, 0.1) is 12.8 Å². The number of esters is 1. The van der Waals surface area contributed by atoms with Gasteiger partial charge in [-0.25, -0.2) is 0 Å². The molecule has 58 valence electrons. The quantitative estimate of drug-likeness (QED) is 0.558. The lowest BCUT2D eigenvalue weighted by Crippen LogP contribution is -2.14. The molecule has 0 heterocycles. The molecule has 0 saturated carbocycles. The Labute approximate surface area is 62.6 Å². The molecule has 0 aromatic rings. The molecule has 0 aliphatic carbocycles. The first kappa shape index (κ1) is 9.47. The molecule has 0 saturated heterocycles. The Morgan fingerprint density at radius 1 is 1.70 bits per heavy atom. The third kappa shape index (κ3) is 3.49. The summed E-state index contributed by atoms with van der Waals surface area (Å²) in [7, 11) is 0. The van der Waals surface area contributed by atoms with Crippen molar-refractivity contribution in [1.82, 2.24) is 0 Å². The van der Waals surface area contributed by atoms with Gasteiger partial charge in [-0.1, -0.05) is 13.8 Å². The van der Waals surface area contributed by atoms with Gasteiger partial charge in [0, 0.05) is 0 Å². The number of ether oxygens (including phenoxy) is 1. The minimum absolute atomic E-state index is 0.00606. The molecule has 0 N–H and O–H groups in total. The highest BCUT2D eigenvalue weighted by Crippen LogP contribution is 2.02. The van der Waals surface area contributed by atoms with Gasteiger partial charge in [0.2, 0.25) is 0 Å². The Balaban J connectivity index is 3.42. The van der Waals surface area contributed by atoms with Gasteiger partial charge in [0.1, 0.15) is 0 Å². The third-order valence-corrected chi connectivity index (χ3v) is 1.38. The number of rotatable bonds is 4. The standard InChI is InChI=1S/C8H14O2/c1-4-6-10-8(9)7(3)5-2/h1,7H,4-6H2,2-3H3. The van der Waals surface area contributed by atoms with Crippen LogP contribution in [0.1, 0.15) is 26.7 Å². The lowest BCUT2D eigenvalue weighted by Gasteiger charge is -2.06. The largest absolute Gasteiger partial charge is 0.465 e. The lowest BCUT2D eigenvalue weighted by molar-refractivity contribution is -0.147. The normalized spacial score (nSPS) is 12.7. The monoisotopic (exact) mass is 142 g/mol. The Bertz CT molecular complexity index is 99.4. The number of carbonyl (C=O) groups is 1. The Morgan fingerprint density at radius 2 is 2.30 bits per heavy atom. The fourth-order valence-electron chi connectivity index (χ4n) is 0.468. The second-order valence-corrected chi connectivity index (χ2v) is 2.27. The molecule has 0 aromatic carbocycles. The molecule has 2 radical (unpaired) electrons. The molecule has 0 bridgehead atoms. The summed E-state index contributed by atoms with van der Waals surface area (Å²) in [5.74, 6) is -0.139. The summed E-state index contributed by atoms with van der Waals surface area (Å²) in [5, 5.41) is 0. The van der Waals surface area contributed by atoms with E-state index in [-0.39, 0.29) is 11.9 Å². The van der Waals surface area contributed by atoms with Crippen LogP contribution in [0.25, 0.3) is 0 Å². The first-order valence-corrected chi connectivity index (χ1v) is 3.59. The average Bonchev–Trinajstić information content (AvgIpc) is 1.98. The van der Waals surface area contributed by atoms with Crippen LogP contribution in [0.4, 0.5) is 0 Å². The molecule has 10 heavy (non-hydrogen) atoms. The van der Waals surface area contributed by atoms with Gasteiger partial charge in [-0.3, -0.25) is 4.79 Å². The van der Waals surface area contributed by atoms with Gasteiger partial charge < -0.3 is 4.74 Å². The van der Waals surface area contributed by atoms with Gasteiger partial charge in [-0.15, -0.1) is 0 Å². The van der Waals surface area contributed by atoms with E-state index in [0.29, 0.717) is 13.0 Å². The third-order valence-electron chi connectivity index (χ3n) is 1.38. The summed E-state index contributed by atoms with van der Waals surface area (Å²) in [5.41, 5.74) is 0. The molecule has 0 aromatic heterocycles. The summed E-state index contributed by atoms with van der Waals surface area (Å²) >= 11 is 0. The topological polar surface area (TPSA) is 26.3 Å². The van der Waals surface area contributed by atoms with Gasteiger partial charge in [-0.05, 0) is 19.8 Å². The van der Waals surface area contributed by atoms with Crippen molar-refractivity contribution in [3.05, 3.63) is 6.92 Å². The average molecular weight is 142 g/mol. The van der Waals surface area contributed by atoms with Crippen LogP contribution < -0.4 is 0 Å². The van der Waals surface area contributed by atoms with Crippen LogP contribution in [-0.4, -0.2) is 12.6 Å². The molecule has 0 spiro atoms. The Morgan fingerprint density at radius 3 is 2.70 bits per heavy atom. The predicted molar refractivity (Wildman–Crippen MR) is 39.3 cm³/mol.